The standard InChI is InChI=1S/C17H16N4O2/c1-11-3-4-14(9-12(11)2)16(22)19-10-15-20-21-17(23-15)13-5-7-18-8-6-13/h3-9H,10H2,1-2H3,(H,19,22). The second-order valence-electron chi connectivity index (χ2n) is 5.22. The molecular formula is C17H16N4O2. The number of pyridine rings is 1. The van der Waals surface area contributed by atoms with Crippen LogP contribution in [-0.4, -0.2) is 21.1 Å². The van der Waals surface area contributed by atoms with Crippen molar-refractivity contribution in [2.24, 2.45) is 0 Å². The quantitative estimate of drug-likeness (QED) is 0.801. The Morgan fingerprint density at radius 1 is 1.09 bits per heavy atom. The van der Waals surface area contributed by atoms with Gasteiger partial charge in [-0.1, -0.05) is 6.07 Å². The van der Waals surface area contributed by atoms with Gasteiger partial charge in [0.05, 0.1) is 6.54 Å². The summed E-state index contributed by atoms with van der Waals surface area (Å²) in [4.78, 5) is 16.1. The first-order valence-electron chi connectivity index (χ1n) is 7.22. The lowest BCUT2D eigenvalue weighted by Crippen LogP contribution is -2.23. The molecule has 116 valence electrons. The van der Waals surface area contributed by atoms with Gasteiger partial charge < -0.3 is 9.73 Å². The molecule has 0 saturated heterocycles. The molecule has 0 saturated carbocycles. The number of benzene rings is 1. The average molecular weight is 308 g/mol. The smallest absolute Gasteiger partial charge is 0.251 e. The molecule has 2 heterocycles. The summed E-state index contributed by atoms with van der Waals surface area (Å²) in [6, 6.07) is 9.16. The van der Waals surface area contributed by atoms with Gasteiger partial charge in [0.15, 0.2) is 0 Å². The molecule has 0 fully saturated rings. The van der Waals surface area contributed by atoms with E-state index in [9.17, 15) is 4.79 Å². The second kappa shape index (κ2) is 6.39. The Hall–Kier alpha value is -3.02. The van der Waals surface area contributed by atoms with Crippen molar-refractivity contribution in [1.82, 2.24) is 20.5 Å². The molecule has 0 bridgehead atoms. The van der Waals surface area contributed by atoms with Crippen LogP contribution >= 0.6 is 0 Å². The molecule has 23 heavy (non-hydrogen) atoms. The second-order valence-corrected chi connectivity index (χ2v) is 5.22. The molecule has 0 radical (unpaired) electrons. The number of aryl methyl sites for hydroxylation is 2. The van der Waals surface area contributed by atoms with Crippen molar-refractivity contribution in [3.05, 3.63) is 65.3 Å². The van der Waals surface area contributed by atoms with Gasteiger partial charge >= 0.3 is 0 Å². The fourth-order valence-corrected chi connectivity index (χ4v) is 2.08. The Bertz CT molecular complexity index is 828. The van der Waals surface area contributed by atoms with Gasteiger partial charge in [0.25, 0.3) is 5.91 Å². The van der Waals surface area contributed by atoms with E-state index in [4.69, 9.17) is 4.42 Å². The monoisotopic (exact) mass is 308 g/mol. The van der Waals surface area contributed by atoms with Crippen molar-refractivity contribution in [3.8, 4) is 11.5 Å². The Labute approximate surface area is 133 Å². The summed E-state index contributed by atoms with van der Waals surface area (Å²) in [5, 5.41) is 10.7. The molecule has 0 spiro atoms. The van der Waals surface area contributed by atoms with Gasteiger partial charge in [-0.2, -0.15) is 0 Å². The van der Waals surface area contributed by atoms with Crippen molar-refractivity contribution in [2.75, 3.05) is 0 Å². The topological polar surface area (TPSA) is 80.9 Å². The van der Waals surface area contributed by atoms with E-state index < -0.39 is 0 Å². The van der Waals surface area contributed by atoms with Crippen LogP contribution in [0.1, 0.15) is 27.4 Å². The van der Waals surface area contributed by atoms with Gasteiger partial charge in [0, 0.05) is 23.5 Å². The Kier molecular flexibility index (Phi) is 4.14. The van der Waals surface area contributed by atoms with Gasteiger partial charge in [0.2, 0.25) is 11.8 Å². The lowest BCUT2D eigenvalue weighted by molar-refractivity contribution is 0.0947. The predicted octanol–water partition coefficient (Wildman–Crippen LogP) is 2.68. The molecule has 1 N–H and O–H groups in total. The molecule has 1 aromatic carbocycles. The van der Waals surface area contributed by atoms with E-state index in [1.165, 1.54) is 0 Å². The van der Waals surface area contributed by atoms with Gasteiger partial charge in [-0.3, -0.25) is 9.78 Å². The molecule has 6 nitrogen and oxygen atoms in total. The Morgan fingerprint density at radius 2 is 1.87 bits per heavy atom. The summed E-state index contributed by atoms with van der Waals surface area (Å²) < 4.78 is 5.53. The van der Waals surface area contributed by atoms with Crippen LogP contribution in [0.4, 0.5) is 0 Å². The number of carbonyl (C=O) groups excluding carboxylic acids is 1. The van der Waals surface area contributed by atoms with Crippen LogP contribution in [0.2, 0.25) is 0 Å². The number of nitrogens with one attached hydrogen (secondary N) is 1. The Balaban J connectivity index is 1.65. The summed E-state index contributed by atoms with van der Waals surface area (Å²) in [7, 11) is 0. The summed E-state index contributed by atoms with van der Waals surface area (Å²) in [5.74, 6) is 0.591. The zero-order valence-corrected chi connectivity index (χ0v) is 12.9. The van der Waals surface area contributed by atoms with Crippen LogP contribution < -0.4 is 5.32 Å². The van der Waals surface area contributed by atoms with Crippen molar-refractivity contribution in [3.63, 3.8) is 0 Å². The lowest BCUT2D eigenvalue weighted by atomic mass is 10.1. The lowest BCUT2D eigenvalue weighted by Gasteiger charge is -2.05. The zero-order chi connectivity index (χ0) is 16.2. The maximum Gasteiger partial charge on any atom is 0.251 e. The summed E-state index contributed by atoms with van der Waals surface area (Å²) in [6.45, 7) is 4.17. The van der Waals surface area contributed by atoms with Gasteiger partial charge in [-0.25, -0.2) is 0 Å². The van der Waals surface area contributed by atoms with Crippen LogP contribution in [0.5, 0.6) is 0 Å². The third-order valence-corrected chi connectivity index (χ3v) is 3.56. The van der Waals surface area contributed by atoms with Crippen molar-refractivity contribution in [2.45, 2.75) is 20.4 Å². The minimum atomic E-state index is -0.170. The largest absolute Gasteiger partial charge is 0.419 e. The van der Waals surface area contributed by atoms with Gasteiger partial charge in [-0.05, 0) is 49.2 Å². The zero-order valence-electron chi connectivity index (χ0n) is 12.9. The van der Waals surface area contributed by atoms with Crippen molar-refractivity contribution >= 4 is 5.91 Å². The highest BCUT2D eigenvalue weighted by Crippen LogP contribution is 2.16. The highest BCUT2D eigenvalue weighted by Gasteiger charge is 2.11. The first-order valence-corrected chi connectivity index (χ1v) is 7.22. The SMILES string of the molecule is Cc1ccc(C(=O)NCc2nnc(-c3ccncc3)o2)cc1C. The van der Waals surface area contributed by atoms with E-state index in [1.54, 1.807) is 30.6 Å². The van der Waals surface area contributed by atoms with E-state index in [0.29, 0.717) is 17.3 Å². The maximum absolute atomic E-state index is 12.1. The molecule has 3 aromatic rings. The normalized spacial score (nSPS) is 10.5. The van der Waals surface area contributed by atoms with Crippen molar-refractivity contribution in [1.29, 1.82) is 0 Å². The number of rotatable bonds is 4. The van der Waals surface area contributed by atoms with Crippen LogP contribution in [0.15, 0.2) is 47.1 Å². The minimum Gasteiger partial charge on any atom is -0.419 e. The third-order valence-electron chi connectivity index (χ3n) is 3.56. The van der Waals surface area contributed by atoms with Crippen molar-refractivity contribution < 1.29 is 9.21 Å². The number of amides is 1. The third kappa shape index (κ3) is 3.42. The molecule has 0 aliphatic carbocycles. The highest BCUT2D eigenvalue weighted by atomic mass is 16.4. The molecule has 0 unspecified atom stereocenters. The van der Waals surface area contributed by atoms with Gasteiger partial charge in [0.1, 0.15) is 0 Å². The van der Waals surface area contributed by atoms with Crippen LogP contribution in [0.3, 0.4) is 0 Å². The molecule has 0 aliphatic heterocycles. The first kappa shape index (κ1) is 14.9. The van der Waals surface area contributed by atoms with Crippen LogP contribution in [-0.2, 0) is 6.54 Å². The van der Waals surface area contributed by atoms with Gasteiger partial charge in [-0.15, -0.1) is 10.2 Å². The molecule has 1 amide bonds. The molecule has 0 aliphatic rings. The maximum atomic E-state index is 12.1. The summed E-state index contributed by atoms with van der Waals surface area (Å²) in [6.07, 6.45) is 3.31. The molecular weight excluding hydrogens is 292 g/mol. The van der Waals surface area contributed by atoms with E-state index in [-0.39, 0.29) is 12.5 Å². The summed E-state index contributed by atoms with van der Waals surface area (Å²) >= 11 is 0. The van der Waals surface area contributed by atoms with E-state index in [2.05, 4.69) is 20.5 Å². The van der Waals surface area contributed by atoms with Crippen LogP contribution in [0.25, 0.3) is 11.5 Å². The number of hydrogen-bond acceptors (Lipinski definition) is 5. The minimum absolute atomic E-state index is 0.170. The highest BCUT2D eigenvalue weighted by molar-refractivity contribution is 5.94. The fraction of sp³-hybridized carbons (Fsp3) is 0.176. The predicted molar refractivity (Wildman–Crippen MR) is 84.6 cm³/mol. The van der Waals surface area contributed by atoms with E-state index in [1.807, 2.05) is 26.0 Å². The number of nitrogens with zero attached hydrogens (tertiary/aromatic N) is 3. The van der Waals surface area contributed by atoms with Crippen LogP contribution in [0, 0.1) is 13.8 Å². The van der Waals surface area contributed by atoms with E-state index >= 15 is 0 Å². The van der Waals surface area contributed by atoms with E-state index in [0.717, 1.165) is 16.7 Å². The fourth-order valence-electron chi connectivity index (χ4n) is 2.08. The number of carbonyl (C=O) groups is 1. The Morgan fingerprint density at radius 3 is 2.61 bits per heavy atom. The first-order chi connectivity index (χ1) is 11.1. The number of hydrogen-bond donors (Lipinski definition) is 1. The molecule has 6 heteroatoms. The average Bonchev–Trinajstić information content (AvgIpc) is 3.05. The molecule has 2 aromatic heterocycles. The molecule has 0 atom stereocenters. The molecule has 3 rings (SSSR count). The summed E-state index contributed by atoms with van der Waals surface area (Å²) in [5.41, 5.74) is 3.64. The number of aromatic nitrogens is 3.